The number of likely N-dealkylation sites (tertiary alicyclic amines) is 1. The van der Waals surface area contributed by atoms with Crippen molar-refractivity contribution in [2.24, 2.45) is 0 Å². The Hall–Kier alpha value is -2.19. The number of hydrogen-bond acceptors (Lipinski definition) is 4. The van der Waals surface area contributed by atoms with Crippen LogP contribution in [0.25, 0.3) is 10.9 Å². The first-order valence-corrected chi connectivity index (χ1v) is 9.38. The van der Waals surface area contributed by atoms with Crippen LogP contribution in [0.4, 0.5) is 4.79 Å². The monoisotopic (exact) mass is 348 g/mol. The van der Waals surface area contributed by atoms with Crippen LogP contribution in [0.15, 0.2) is 41.4 Å². The van der Waals surface area contributed by atoms with Crippen LogP contribution < -0.4 is 10.0 Å². The molecule has 1 fully saturated rings. The van der Waals surface area contributed by atoms with Gasteiger partial charge in [0.1, 0.15) is 4.90 Å². The fourth-order valence-corrected chi connectivity index (χ4v) is 4.03. The highest BCUT2D eigenvalue weighted by Gasteiger charge is 2.29. The molecule has 2 heterocycles. The maximum Gasteiger partial charge on any atom is 0.317 e. The van der Waals surface area contributed by atoms with Gasteiger partial charge < -0.3 is 10.2 Å². The van der Waals surface area contributed by atoms with Crippen LogP contribution in [0.3, 0.4) is 0 Å². The molecule has 0 saturated carbocycles. The number of nitrogens with one attached hydrogen (secondary N) is 2. The molecule has 1 aromatic carbocycles. The summed E-state index contributed by atoms with van der Waals surface area (Å²) in [5, 5.41) is 3.50. The highest BCUT2D eigenvalue weighted by molar-refractivity contribution is 7.89. The zero-order valence-corrected chi connectivity index (χ0v) is 14.2. The third-order valence-electron chi connectivity index (χ3n) is 4.00. The summed E-state index contributed by atoms with van der Waals surface area (Å²) in [7, 11) is -3.67. The predicted octanol–water partition coefficient (Wildman–Crippen LogP) is 1.32. The number of hydrogen-bond donors (Lipinski definition) is 2. The van der Waals surface area contributed by atoms with Gasteiger partial charge in [0.25, 0.3) is 0 Å². The van der Waals surface area contributed by atoms with Crippen LogP contribution in [0.5, 0.6) is 0 Å². The Bertz CT molecular complexity index is 853. The van der Waals surface area contributed by atoms with E-state index in [4.69, 9.17) is 0 Å². The summed E-state index contributed by atoms with van der Waals surface area (Å²) in [6.07, 6.45) is 1.96. The van der Waals surface area contributed by atoms with E-state index in [1.54, 1.807) is 11.0 Å². The molecule has 7 nitrogen and oxygen atoms in total. The zero-order valence-electron chi connectivity index (χ0n) is 13.4. The van der Waals surface area contributed by atoms with E-state index in [0.717, 1.165) is 10.9 Å². The average Bonchev–Trinajstić information content (AvgIpc) is 3.02. The number of fused-ring (bicyclic) bond motifs is 1. The van der Waals surface area contributed by atoms with Gasteiger partial charge in [-0.25, -0.2) is 17.9 Å². The van der Waals surface area contributed by atoms with E-state index in [1.807, 2.05) is 31.2 Å². The lowest BCUT2D eigenvalue weighted by Crippen LogP contribution is -2.42. The summed E-state index contributed by atoms with van der Waals surface area (Å²) < 4.78 is 27.8. The van der Waals surface area contributed by atoms with Crippen molar-refractivity contribution in [1.82, 2.24) is 19.9 Å². The van der Waals surface area contributed by atoms with Gasteiger partial charge in [-0.2, -0.15) is 0 Å². The first kappa shape index (κ1) is 16.7. The lowest BCUT2D eigenvalue weighted by molar-refractivity contribution is 0.208. The van der Waals surface area contributed by atoms with Crippen LogP contribution in [0.1, 0.15) is 13.3 Å². The van der Waals surface area contributed by atoms with Crippen molar-refractivity contribution in [2.45, 2.75) is 24.3 Å². The Morgan fingerprint density at radius 2 is 2.17 bits per heavy atom. The number of para-hydroxylation sites is 1. The molecule has 2 N–H and O–H groups in total. The number of nitrogens with zero attached hydrogens (tertiary/aromatic N) is 2. The minimum absolute atomic E-state index is 0.137. The molecule has 2 amide bonds. The second kappa shape index (κ2) is 6.74. The summed E-state index contributed by atoms with van der Waals surface area (Å²) in [5.74, 6) is 0. The number of sulfonamides is 1. The van der Waals surface area contributed by atoms with Crippen molar-refractivity contribution in [3.05, 3.63) is 36.5 Å². The lowest BCUT2D eigenvalue weighted by atomic mass is 10.2. The molecule has 1 saturated heterocycles. The molecule has 24 heavy (non-hydrogen) atoms. The molecule has 1 atom stereocenters. The van der Waals surface area contributed by atoms with Crippen molar-refractivity contribution in [3.8, 4) is 0 Å². The number of rotatable bonds is 4. The second-order valence-corrected chi connectivity index (χ2v) is 7.47. The molecule has 128 valence electrons. The minimum Gasteiger partial charge on any atom is -0.338 e. The summed E-state index contributed by atoms with van der Waals surface area (Å²) in [6.45, 7) is 3.30. The quantitative estimate of drug-likeness (QED) is 0.872. The molecule has 1 unspecified atom stereocenters. The number of carbonyl (C=O) groups is 1. The van der Waals surface area contributed by atoms with E-state index < -0.39 is 10.0 Å². The van der Waals surface area contributed by atoms with Crippen molar-refractivity contribution < 1.29 is 13.2 Å². The molecule has 8 heteroatoms. The molecule has 0 bridgehead atoms. The van der Waals surface area contributed by atoms with Gasteiger partial charge in [0.15, 0.2) is 0 Å². The van der Waals surface area contributed by atoms with Crippen LogP contribution in [-0.2, 0) is 10.0 Å². The van der Waals surface area contributed by atoms with E-state index >= 15 is 0 Å². The number of amides is 2. The SMILES string of the molecule is CCNC(=O)N1CCC(NS(=O)(=O)c2cnc3ccccc3c2)C1. The van der Waals surface area contributed by atoms with Crippen molar-refractivity contribution in [1.29, 1.82) is 0 Å². The Kier molecular flexibility index (Phi) is 4.68. The molecule has 1 aliphatic rings. The van der Waals surface area contributed by atoms with Crippen LogP contribution in [-0.4, -0.2) is 50.0 Å². The molecule has 0 radical (unpaired) electrons. The number of benzene rings is 1. The first-order valence-electron chi connectivity index (χ1n) is 7.89. The molecular formula is C16H20N4O3S. The van der Waals surface area contributed by atoms with E-state index in [9.17, 15) is 13.2 Å². The van der Waals surface area contributed by atoms with Crippen LogP contribution in [0.2, 0.25) is 0 Å². The average molecular weight is 348 g/mol. The Balaban J connectivity index is 1.73. The van der Waals surface area contributed by atoms with Gasteiger partial charge in [-0.3, -0.25) is 4.98 Å². The van der Waals surface area contributed by atoms with Gasteiger partial charge in [0.05, 0.1) is 5.52 Å². The van der Waals surface area contributed by atoms with Gasteiger partial charge in [-0.1, -0.05) is 18.2 Å². The Morgan fingerprint density at radius 1 is 1.38 bits per heavy atom. The second-order valence-electron chi connectivity index (χ2n) is 5.75. The maximum absolute atomic E-state index is 12.6. The minimum atomic E-state index is -3.67. The summed E-state index contributed by atoms with van der Waals surface area (Å²) in [6, 6.07) is 8.52. The fraction of sp³-hybridized carbons (Fsp3) is 0.375. The highest BCUT2D eigenvalue weighted by atomic mass is 32.2. The third kappa shape index (κ3) is 3.49. The molecule has 0 spiro atoms. The topological polar surface area (TPSA) is 91.4 Å². The van der Waals surface area contributed by atoms with Gasteiger partial charge in [-0.05, 0) is 25.5 Å². The van der Waals surface area contributed by atoms with Crippen molar-refractivity contribution >= 4 is 27.0 Å². The number of urea groups is 1. The predicted molar refractivity (Wildman–Crippen MR) is 91.1 cm³/mol. The molecule has 2 aromatic rings. The van der Waals surface area contributed by atoms with Crippen LogP contribution in [0, 0.1) is 0 Å². The normalized spacial score (nSPS) is 18.0. The zero-order chi connectivity index (χ0) is 17.2. The summed E-state index contributed by atoms with van der Waals surface area (Å²) in [4.78, 5) is 17.8. The molecule has 1 aromatic heterocycles. The smallest absolute Gasteiger partial charge is 0.317 e. The van der Waals surface area contributed by atoms with E-state index in [0.29, 0.717) is 26.1 Å². The van der Waals surface area contributed by atoms with Crippen molar-refractivity contribution in [2.75, 3.05) is 19.6 Å². The van der Waals surface area contributed by atoms with E-state index in [2.05, 4.69) is 15.0 Å². The molecule has 0 aliphatic carbocycles. The van der Waals surface area contributed by atoms with Crippen molar-refractivity contribution in [3.63, 3.8) is 0 Å². The number of aromatic nitrogens is 1. The van der Waals surface area contributed by atoms with Crippen LogP contribution >= 0.6 is 0 Å². The number of carbonyl (C=O) groups excluding carboxylic acids is 1. The van der Waals surface area contributed by atoms with Gasteiger partial charge >= 0.3 is 6.03 Å². The van der Waals surface area contributed by atoms with E-state index in [-0.39, 0.29) is 17.0 Å². The maximum atomic E-state index is 12.6. The van der Waals surface area contributed by atoms with Gasteiger partial charge in [0, 0.05) is 37.3 Å². The lowest BCUT2D eigenvalue weighted by Gasteiger charge is -2.17. The highest BCUT2D eigenvalue weighted by Crippen LogP contribution is 2.18. The molecule has 1 aliphatic heterocycles. The molecule has 3 rings (SSSR count). The first-order chi connectivity index (χ1) is 11.5. The Morgan fingerprint density at radius 3 is 2.96 bits per heavy atom. The van der Waals surface area contributed by atoms with Gasteiger partial charge in [0.2, 0.25) is 10.0 Å². The number of pyridine rings is 1. The summed E-state index contributed by atoms with van der Waals surface area (Å²) >= 11 is 0. The van der Waals surface area contributed by atoms with Gasteiger partial charge in [-0.15, -0.1) is 0 Å². The third-order valence-corrected chi connectivity index (χ3v) is 5.49. The standard InChI is InChI=1S/C16H20N4O3S/c1-2-17-16(21)20-8-7-13(11-20)19-24(22,23)14-9-12-5-3-4-6-15(12)18-10-14/h3-6,9-10,13,19H,2,7-8,11H2,1H3,(H,17,21). The van der Waals surface area contributed by atoms with E-state index in [1.165, 1.54) is 6.20 Å². The summed E-state index contributed by atoms with van der Waals surface area (Å²) in [5.41, 5.74) is 0.750. The molecular weight excluding hydrogens is 328 g/mol. The Labute approximate surface area is 141 Å². The fourth-order valence-electron chi connectivity index (χ4n) is 2.79. The largest absolute Gasteiger partial charge is 0.338 e.